The van der Waals surface area contributed by atoms with Crippen molar-refractivity contribution >= 4 is 11.9 Å². The number of carbonyl (C=O) groups is 2. The quantitative estimate of drug-likeness (QED) is 0.718. The first-order valence-corrected chi connectivity index (χ1v) is 6.96. The van der Waals surface area contributed by atoms with Crippen LogP contribution in [0, 0.1) is 6.92 Å². The minimum Gasteiger partial charge on any atom is -0.465 e. The van der Waals surface area contributed by atoms with Crippen molar-refractivity contribution < 1.29 is 23.5 Å². The molecular weight excluding hydrogens is 274 g/mol. The van der Waals surface area contributed by atoms with Crippen molar-refractivity contribution in [2.45, 2.75) is 40.3 Å². The molecule has 0 fully saturated rings. The highest BCUT2D eigenvalue weighted by Crippen LogP contribution is 2.18. The molecule has 0 bridgehead atoms. The second kappa shape index (κ2) is 7.83. The molecule has 1 aromatic heterocycles. The molecule has 21 heavy (non-hydrogen) atoms. The lowest BCUT2D eigenvalue weighted by atomic mass is 10.2. The fraction of sp³-hybridized carbons (Fsp3) is 0.600. The molecule has 0 N–H and O–H groups in total. The van der Waals surface area contributed by atoms with E-state index in [4.69, 9.17) is 9.15 Å². The summed E-state index contributed by atoms with van der Waals surface area (Å²) in [5.41, 5.74) is 0.719. The number of carbonyl (C=O) groups excluding carboxylic acids is 2. The summed E-state index contributed by atoms with van der Waals surface area (Å²) in [5.74, 6) is 0.0427. The Kier molecular flexibility index (Phi) is 6.42. The van der Waals surface area contributed by atoms with E-state index in [1.807, 2.05) is 18.7 Å². The third kappa shape index (κ3) is 4.90. The first kappa shape index (κ1) is 17.2. The zero-order valence-electron chi connectivity index (χ0n) is 13.3. The zero-order chi connectivity index (χ0) is 16.0. The predicted molar refractivity (Wildman–Crippen MR) is 77.0 cm³/mol. The normalized spacial score (nSPS) is 11.0. The van der Waals surface area contributed by atoms with Crippen LogP contribution in [0.3, 0.4) is 0 Å². The Morgan fingerprint density at radius 2 is 2.05 bits per heavy atom. The lowest BCUT2D eigenvalue weighted by Gasteiger charge is -2.24. The van der Waals surface area contributed by atoms with Crippen LogP contribution in [0.1, 0.15) is 42.6 Å². The Balaban J connectivity index is 2.80. The molecular formula is C15H23NO5. The molecule has 0 radical (unpaired) electrons. The van der Waals surface area contributed by atoms with Crippen LogP contribution in [-0.4, -0.2) is 43.1 Å². The molecule has 0 aromatic carbocycles. The van der Waals surface area contributed by atoms with Gasteiger partial charge in [0.25, 0.3) is 0 Å². The van der Waals surface area contributed by atoms with E-state index < -0.39 is 5.97 Å². The van der Waals surface area contributed by atoms with Gasteiger partial charge in [-0.3, -0.25) is 9.69 Å². The SMILES string of the molecule is CCOC(=O)CN(Cc1cc(C)c(C(=O)OC)o1)C(C)C. The molecule has 0 saturated heterocycles. The fourth-order valence-corrected chi connectivity index (χ4v) is 1.92. The summed E-state index contributed by atoms with van der Waals surface area (Å²) >= 11 is 0. The standard InChI is InChI=1S/C15H23NO5/c1-6-20-13(17)9-16(10(2)3)8-12-7-11(4)14(21-12)15(18)19-5/h7,10H,6,8-9H2,1-5H3. The van der Waals surface area contributed by atoms with Crippen LogP contribution in [0.5, 0.6) is 0 Å². The first-order chi connectivity index (χ1) is 9.88. The monoisotopic (exact) mass is 297 g/mol. The van der Waals surface area contributed by atoms with Crippen molar-refractivity contribution in [1.82, 2.24) is 4.90 Å². The van der Waals surface area contributed by atoms with Gasteiger partial charge in [-0.2, -0.15) is 0 Å². The van der Waals surface area contributed by atoms with Crippen LogP contribution < -0.4 is 0 Å². The molecule has 0 unspecified atom stereocenters. The smallest absolute Gasteiger partial charge is 0.374 e. The molecule has 1 aromatic rings. The van der Waals surface area contributed by atoms with Gasteiger partial charge in [0.15, 0.2) is 0 Å². The lowest BCUT2D eigenvalue weighted by Crippen LogP contribution is -2.35. The molecule has 1 rings (SSSR count). The number of esters is 2. The number of methoxy groups -OCH3 is 1. The van der Waals surface area contributed by atoms with Gasteiger partial charge in [0.2, 0.25) is 5.76 Å². The minimum atomic E-state index is -0.500. The Labute approximate surface area is 125 Å². The van der Waals surface area contributed by atoms with E-state index in [-0.39, 0.29) is 24.3 Å². The highest BCUT2D eigenvalue weighted by Gasteiger charge is 2.20. The summed E-state index contributed by atoms with van der Waals surface area (Å²) < 4.78 is 15.1. The molecule has 0 atom stereocenters. The maximum atomic E-state index is 11.6. The summed E-state index contributed by atoms with van der Waals surface area (Å²) in [6.07, 6.45) is 0. The van der Waals surface area contributed by atoms with E-state index in [0.29, 0.717) is 18.9 Å². The van der Waals surface area contributed by atoms with Gasteiger partial charge in [-0.15, -0.1) is 0 Å². The van der Waals surface area contributed by atoms with Gasteiger partial charge in [0, 0.05) is 11.6 Å². The second-order valence-corrected chi connectivity index (χ2v) is 5.02. The van der Waals surface area contributed by atoms with Crippen molar-refractivity contribution in [3.8, 4) is 0 Å². The van der Waals surface area contributed by atoms with E-state index in [2.05, 4.69) is 4.74 Å². The molecule has 0 aliphatic heterocycles. The molecule has 0 spiro atoms. The van der Waals surface area contributed by atoms with Crippen LogP contribution in [0.4, 0.5) is 0 Å². The molecule has 0 aliphatic rings. The highest BCUT2D eigenvalue weighted by molar-refractivity contribution is 5.87. The van der Waals surface area contributed by atoms with Gasteiger partial charge in [0.05, 0.1) is 26.8 Å². The molecule has 6 nitrogen and oxygen atoms in total. The average Bonchev–Trinajstić information content (AvgIpc) is 2.78. The average molecular weight is 297 g/mol. The maximum absolute atomic E-state index is 11.6. The summed E-state index contributed by atoms with van der Waals surface area (Å²) in [4.78, 5) is 25.0. The van der Waals surface area contributed by atoms with Crippen LogP contribution in [0.2, 0.25) is 0 Å². The molecule has 0 aliphatic carbocycles. The molecule has 118 valence electrons. The van der Waals surface area contributed by atoms with E-state index in [1.165, 1.54) is 7.11 Å². The van der Waals surface area contributed by atoms with Gasteiger partial charge >= 0.3 is 11.9 Å². The van der Waals surface area contributed by atoms with Gasteiger partial charge in [-0.25, -0.2) is 4.79 Å². The number of rotatable bonds is 7. The van der Waals surface area contributed by atoms with Gasteiger partial charge in [-0.1, -0.05) is 0 Å². The van der Waals surface area contributed by atoms with Crippen molar-refractivity contribution in [1.29, 1.82) is 0 Å². The van der Waals surface area contributed by atoms with Crippen molar-refractivity contribution in [3.63, 3.8) is 0 Å². The lowest BCUT2D eigenvalue weighted by molar-refractivity contribution is -0.145. The van der Waals surface area contributed by atoms with Crippen LogP contribution in [0.25, 0.3) is 0 Å². The molecule has 6 heteroatoms. The summed E-state index contributed by atoms with van der Waals surface area (Å²) in [6, 6.07) is 1.92. The number of hydrogen-bond donors (Lipinski definition) is 0. The Morgan fingerprint density at radius 1 is 1.38 bits per heavy atom. The van der Waals surface area contributed by atoms with Gasteiger partial charge < -0.3 is 13.9 Å². The van der Waals surface area contributed by atoms with Crippen molar-refractivity contribution in [2.75, 3.05) is 20.3 Å². The number of nitrogens with zero attached hydrogens (tertiary/aromatic N) is 1. The third-order valence-corrected chi connectivity index (χ3v) is 3.07. The number of ether oxygens (including phenoxy) is 2. The third-order valence-electron chi connectivity index (χ3n) is 3.07. The Morgan fingerprint density at radius 3 is 2.57 bits per heavy atom. The van der Waals surface area contributed by atoms with Crippen LogP contribution in [0.15, 0.2) is 10.5 Å². The molecule has 0 amide bonds. The molecule has 1 heterocycles. The van der Waals surface area contributed by atoms with Crippen LogP contribution >= 0.6 is 0 Å². The van der Waals surface area contributed by atoms with Gasteiger partial charge in [-0.05, 0) is 33.8 Å². The van der Waals surface area contributed by atoms with E-state index >= 15 is 0 Å². The van der Waals surface area contributed by atoms with Crippen molar-refractivity contribution in [3.05, 3.63) is 23.2 Å². The van der Waals surface area contributed by atoms with E-state index in [1.54, 1.807) is 19.9 Å². The second-order valence-electron chi connectivity index (χ2n) is 5.02. The summed E-state index contributed by atoms with van der Waals surface area (Å²) in [7, 11) is 1.31. The van der Waals surface area contributed by atoms with Crippen molar-refractivity contribution in [2.24, 2.45) is 0 Å². The number of hydrogen-bond acceptors (Lipinski definition) is 6. The van der Waals surface area contributed by atoms with Gasteiger partial charge in [0.1, 0.15) is 5.76 Å². The van der Waals surface area contributed by atoms with Crippen LogP contribution in [-0.2, 0) is 20.8 Å². The molecule has 0 saturated carbocycles. The number of furan rings is 1. The summed E-state index contributed by atoms with van der Waals surface area (Å²) in [6.45, 7) is 8.48. The maximum Gasteiger partial charge on any atom is 0.374 e. The predicted octanol–water partition coefficient (Wildman–Crippen LogP) is 2.15. The topological polar surface area (TPSA) is 69.0 Å². The highest BCUT2D eigenvalue weighted by atomic mass is 16.5. The first-order valence-electron chi connectivity index (χ1n) is 6.96. The van der Waals surface area contributed by atoms with E-state index in [0.717, 1.165) is 5.56 Å². The Bertz CT molecular complexity index is 492. The Hall–Kier alpha value is -1.82. The summed E-state index contributed by atoms with van der Waals surface area (Å²) in [5, 5.41) is 0. The number of aryl methyl sites for hydroxylation is 1. The zero-order valence-corrected chi connectivity index (χ0v) is 13.3. The minimum absolute atomic E-state index is 0.140. The fourth-order valence-electron chi connectivity index (χ4n) is 1.92. The van der Waals surface area contributed by atoms with E-state index in [9.17, 15) is 9.59 Å². The largest absolute Gasteiger partial charge is 0.465 e.